The van der Waals surface area contributed by atoms with Crippen molar-refractivity contribution in [3.05, 3.63) is 75.8 Å². The third-order valence-corrected chi connectivity index (χ3v) is 4.77. The number of para-hydroxylation sites is 1. The van der Waals surface area contributed by atoms with Crippen molar-refractivity contribution in [1.82, 2.24) is 9.38 Å². The summed E-state index contributed by atoms with van der Waals surface area (Å²) in [6, 6.07) is 11.9. The second-order valence-electron chi connectivity index (χ2n) is 7.04. The van der Waals surface area contributed by atoms with E-state index in [1.807, 2.05) is 13.0 Å². The highest BCUT2D eigenvalue weighted by molar-refractivity contribution is 5.92. The molecule has 0 spiro atoms. The number of hydrogen-bond donors (Lipinski definition) is 0. The van der Waals surface area contributed by atoms with Crippen molar-refractivity contribution in [3.8, 4) is 5.75 Å². The minimum atomic E-state index is -0.529. The number of aromatic nitrogens is 2. The number of nitrogens with zero attached hydrogens (tertiary/aromatic N) is 2. The Labute approximate surface area is 167 Å². The number of pyridine rings is 1. The van der Waals surface area contributed by atoms with Crippen molar-refractivity contribution >= 4 is 11.6 Å². The summed E-state index contributed by atoms with van der Waals surface area (Å²) in [5, 5.41) is 0. The molecule has 1 aliphatic heterocycles. The van der Waals surface area contributed by atoms with Gasteiger partial charge in [0.25, 0.3) is 5.56 Å². The molecule has 0 bridgehead atoms. The fourth-order valence-corrected chi connectivity index (χ4v) is 3.27. The number of esters is 1. The summed E-state index contributed by atoms with van der Waals surface area (Å²) in [7, 11) is 0. The van der Waals surface area contributed by atoms with E-state index in [4.69, 9.17) is 14.2 Å². The molecule has 7 heteroatoms. The topological polar surface area (TPSA) is 79.1 Å². The Hall–Kier alpha value is -3.19. The average Bonchev–Trinajstić information content (AvgIpc) is 3.25. The third-order valence-electron chi connectivity index (χ3n) is 4.77. The van der Waals surface area contributed by atoms with Gasteiger partial charge in [0.15, 0.2) is 0 Å². The molecule has 3 aromatic rings. The number of benzene rings is 1. The molecule has 1 fully saturated rings. The molecule has 2 aromatic heterocycles. The van der Waals surface area contributed by atoms with E-state index in [1.165, 1.54) is 10.5 Å². The summed E-state index contributed by atoms with van der Waals surface area (Å²) in [5.41, 5.74) is 1.98. The minimum absolute atomic E-state index is 0.0532. The smallest absolute Gasteiger partial charge is 0.342 e. The van der Waals surface area contributed by atoms with E-state index in [0.717, 1.165) is 25.0 Å². The molecule has 1 aliphatic rings. The van der Waals surface area contributed by atoms with Crippen LogP contribution < -0.4 is 10.3 Å². The minimum Gasteiger partial charge on any atom is -0.490 e. The van der Waals surface area contributed by atoms with Crippen molar-refractivity contribution in [2.75, 3.05) is 13.2 Å². The van der Waals surface area contributed by atoms with Crippen LogP contribution in [0.3, 0.4) is 0 Å². The quantitative estimate of drug-likeness (QED) is 0.598. The second kappa shape index (κ2) is 8.45. The molecule has 0 aliphatic carbocycles. The average molecular weight is 394 g/mol. The van der Waals surface area contributed by atoms with Gasteiger partial charge in [0, 0.05) is 18.9 Å². The largest absolute Gasteiger partial charge is 0.490 e. The normalized spacial score (nSPS) is 16.1. The van der Waals surface area contributed by atoms with E-state index < -0.39 is 5.97 Å². The lowest BCUT2D eigenvalue weighted by atomic mass is 10.2. The van der Waals surface area contributed by atoms with Crippen molar-refractivity contribution in [3.63, 3.8) is 0 Å². The Morgan fingerprint density at radius 3 is 2.97 bits per heavy atom. The lowest BCUT2D eigenvalue weighted by Gasteiger charge is -2.14. The lowest BCUT2D eigenvalue weighted by Crippen LogP contribution is -2.18. The number of ether oxygens (including phenoxy) is 3. The Morgan fingerprint density at radius 1 is 1.28 bits per heavy atom. The molecular formula is C22H22N2O5. The Morgan fingerprint density at radius 2 is 2.14 bits per heavy atom. The summed E-state index contributed by atoms with van der Waals surface area (Å²) in [4.78, 5) is 29.3. The molecule has 0 amide bonds. The lowest BCUT2D eigenvalue weighted by molar-refractivity contribution is 0.0450. The maximum absolute atomic E-state index is 12.6. The standard InChI is InChI=1S/C22H22N2O5/c1-15-8-9-20-23-16(11-21(25)24(20)12-15)13-29-22(26)18-6-2-3-7-19(18)28-14-17-5-4-10-27-17/h2-3,6-9,11-12,17H,4-5,10,13-14H2,1H3/t17-/m0/s1. The van der Waals surface area contributed by atoms with Gasteiger partial charge < -0.3 is 14.2 Å². The Bertz CT molecular complexity index is 1090. The maximum Gasteiger partial charge on any atom is 0.342 e. The number of rotatable bonds is 6. The van der Waals surface area contributed by atoms with Gasteiger partial charge in [0.05, 0.1) is 11.8 Å². The van der Waals surface area contributed by atoms with E-state index in [9.17, 15) is 9.59 Å². The molecule has 1 saturated heterocycles. The van der Waals surface area contributed by atoms with Crippen molar-refractivity contribution in [2.24, 2.45) is 0 Å². The number of carbonyl (C=O) groups excluding carboxylic acids is 1. The first kappa shape index (κ1) is 19.1. The van der Waals surface area contributed by atoms with Gasteiger partial charge in [-0.25, -0.2) is 9.78 Å². The SMILES string of the molecule is Cc1ccc2nc(COC(=O)c3ccccc3OC[C@@H]3CCCO3)cc(=O)n2c1. The molecule has 4 rings (SSSR count). The summed E-state index contributed by atoms with van der Waals surface area (Å²) in [5.74, 6) is -0.0751. The highest BCUT2D eigenvalue weighted by Gasteiger charge is 2.19. The number of hydrogen-bond acceptors (Lipinski definition) is 6. The molecule has 29 heavy (non-hydrogen) atoms. The number of aryl methyl sites for hydroxylation is 1. The zero-order valence-corrected chi connectivity index (χ0v) is 16.2. The van der Waals surface area contributed by atoms with E-state index >= 15 is 0 Å². The van der Waals surface area contributed by atoms with E-state index in [1.54, 1.807) is 36.5 Å². The fraction of sp³-hybridized carbons (Fsp3) is 0.318. The van der Waals surface area contributed by atoms with Crippen LogP contribution >= 0.6 is 0 Å². The maximum atomic E-state index is 12.6. The third kappa shape index (κ3) is 4.46. The summed E-state index contributed by atoms with van der Waals surface area (Å²) < 4.78 is 18.2. The highest BCUT2D eigenvalue weighted by atomic mass is 16.5. The summed E-state index contributed by atoms with van der Waals surface area (Å²) >= 11 is 0. The number of fused-ring (bicyclic) bond motifs is 1. The first-order chi connectivity index (χ1) is 14.1. The van der Waals surface area contributed by atoms with Crippen molar-refractivity contribution in [1.29, 1.82) is 0 Å². The van der Waals surface area contributed by atoms with Gasteiger partial charge in [-0.2, -0.15) is 0 Å². The van der Waals surface area contributed by atoms with Crippen LogP contribution in [0.4, 0.5) is 0 Å². The molecule has 1 aromatic carbocycles. The van der Waals surface area contributed by atoms with Crippen LogP contribution in [0.5, 0.6) is 5.75 Å². The van der Waals surface area contributed by atoms with Gasteiger partial charge in [-0.05, 0) is 43.5 Å². The first-order valence-electron chi connectivity index (χ1n) is 9.59. The molecule has 1 atom stereocenters. The van der Waals surface area contributed by atoms with Crippen LogP contribution in [-0.4, -0.2) is 34.7 Å². The summed E-state index contributed by atoms with van der Waals surface area (Å²) in [6.07, 6.45) is 3.76. The van der Waals surface area contributed by atoms with Gasteiger partial charge in [-0.1, -0.05) is 18.2 Å². The van der Waals surface area contributed by atoms with Crippen LogP contribution in [0.15, 0.2) is 53.5 Å². The van der Waals surface area contributed by atoms with Gasteiger partial charge in [-0.15, -0.1) is 0 Å². The van der Waals surface area contributed by atoms with E-state index in [2.05, 4.69) is 4.98 Å². The van der Waals surface area contributed by atoms with Gasteiger partial charge >= 0.3 is 5.97 Å². The molecule has 150 valence electrons. The summed E-state index contributed by atoms with van der Waals surface area (Å²) in [6.45, 7) is 2.95. The Balaban J connectivity index is 1.45. The predicted molar refractivity (Wildman–Crippen MR) is 106 cm³/mol. The van der Waals surface area contributed by atoms with Crippen LogP contribution in [0.2, 0.25) is 0 Å². The predicted octanol–water partition coefficient (Wildman–Crippen LogP) is 2.92. The van der Waals surface area contributed by atoms with E-state index in [-0.39, 0.29) is 18.3 Å². The first-order valence-corrected chi connectivity index (χ1v) is 9.59. The molecular weight excluding hydrogens is 372 g/mol. The monoisotopic (exact) mass is 394 g/mol. The van der Waals surface area contributed by atoms with Crippen LogP contribution in [-0.2, 0) is 16.1 Å². The van der Waals surface area contributed by atoms with Crippen LogP contribution in [0.25, 0.3) is 5.65 Å². The molecule has 7 nitrogen and oxygen atoms in total. The highest BCUT2D eigenvalue weighted by Crippen LogP contribution is 2.21. The van der Waals surface area contributed by atoms with Crippen LogP contribution in [0.1, 0.15) is 34.5 Å². The van der Waals surface area contributed by atoms with Gasteiger partial charge in [0.1, 0.15) is 30.2 Å². The Kier molecular flexibility index (Phi) is 5.57. The molecule has 0 saturated carbocycles. The van der Waals surface area contributed by atoms with Gasteiger partial charge in [-0.3, -0.25) is 9.20 Å². The molecule has 0 N–H and O–H groups in total. The van der Waals surface area contributed by atoms with E-state index in [0.29, 0.717) is 29.3 Å². The zero-order valence-electron chi connectivity index (χ0n) is 16.2. The molecule has 3 heterocycles. The molecule has 0 unspecified atom stereocenters. The zero-order chi connectivity index (χ0) is 20.2. The van der Waals surface area contributed by atoms with Crippen LogP contribution in [0, 0.1) is 6.92 Å². The molecule has 0 radical (unpaired) electrons. The van der Waals surface area contributed by atoms with Crippen molar-refractivity contribution < 1.29 is 19.0 Å². The fourth-order valence-electron chi connectivity index (χ4n) is 3.27. The van der Waals surface area contributed by atoms with Gasteiger partial charge in [0.2, 0.25) is 0 Å². The second-order valence-corrected chi connectivity index (χ2v) is 7.04. The van der Waals surface area contributed by atoms with Crippen molar-refractivity contribution in [2.45, 2.75) is 32.5 Å². The number of carbonyl (C=O) groups is 1.